The summed E-state index contributed by atoms with van der Waals surface area (Å²) in [6.45, 7) is 1.71. The van der Waals surface area contributed by atoms with Gasteiger partial charge in [0.1, 0.15) is 0 Å². The minimum Gasteiger partial charge on any atom is -0.396 e. The third kappa shape index (κ3) is 6.68. The summed E-state index contributed by atoms with van der Waals surface area (Å²) in [5, 5.41) is 31.9. The van der Waals surface area contributed by atoms with Crippen molar-refractivity contribution in [3.63, 3.8) is 0 Å². The summed E-state index contributed by atoms with van der Waals surface area (Å²) in [6.07, 6.45) is -1.59. The van der Waals surface area contributed by atoms with Gasteiger partial charge in [0.25, 0.3) is 0 Å². The predicted molar refractivity (Wildman–Crippen MR) is 120 cm³/mol. The fourth-order valence-electron chi connectivity index (χ4n) is 3.55. The summed E-state index contributed by atoms with van der Waals surface area (Å²) >= 11 is 0. The molecular weight excluding hydrogens is 376 g/mol. The molecule has 0 saturated carbocycles. The number of β-amino-alcohol motifs (C(OH)–C–C–N with tert-alkyl or cyclic N) is 1. The van der Waals surface area contributed by atoms with Crippen LogP contribution in [0, 0.1) is 5.92 Å². The quantitative estimate of drug-likeness (QED) is 0.523. The second-order valence-electron chi connectivity index (χ2n) is 7.54. The lowest BCUT2D eigenvalue weighted by Gasteiger charge is -2.38. The van der Waals surface area contributed by atoms with E-state index in [-0.39, 0.29) is 12.5 Å². The molecule has 5 nitrogen and oxygen atoms in total. The topological polar surface area (TPSA) is 76.0 Å². The van der Waals surface area contributed by atoms with Crippen LogP contribution in [0.15, 0.2) is 91.0 Å². The van der Waals surface area contributed by atoms with Crippen LogP contribution in [0.4, 0.5) is 11.4 Å². The molecule has 4 N–H and O–H groups in total. The van der Waals surface area contributed by atoms with Crippen LogP contribution in [0.2, 0.25) is 0 Å². The second-order valence-corrected chi connectivity index (χ2v) is 7.54. The van der Waals surface area contributed by atoms with Crippen LogP contribution >= 0.6 is 0 Å². The molecule has 1 saturated heterocycles. The highest BCUT2D eigenvalue weighted by Gasteiger charge is 2.33. The Balaban J connectivity index is 0.000000177. The number of likely N-dealkylation sites (tertiary alicyclic amines) is 1. The zero-order valence-electron chi connectivity index (χ0n) is 17.0. The van der Waals surface area contributed by atoms with Crippen LogP contribution in [0.3, 0.4) is 0 Å². The maximum absolute atomic E-state index is 9.72. The molecule has 158 valence electrons. The van der Waals surface area contributed by atoms with Crippen molar-refractivity contribution in [1.82, 2.24) is 4.90 Å². The van der Waals surface area contributed by atoms with Crippen LogP contribution in [0.25, 0.3) is 0 Å². The van der Waals surface area contributed by atoms with Gasteiger partial charge in [-0.3, -0.25) is 4.90 Å². The fourth-order valence-corrected chi connectivity index (χ4v) is 3.55. The lowest BCUT2D eigenvalue weighted by Crippen LogP contribution is -2.53. The van der Waals surface area contributed by atoms with Gasteiger partial charge in [0.2, 0.25) is 0 Å². The van der Waals surface area contributed by atoms with E-state index in [1.54, 1.807) is 0 Å². The van der Waals surface area contributed by atoms with E-state index in [1.807, 2.05) is 91.0 Å². The Morgan fingerprint density at radius 1 is 0.733 bits per heavy atom. The number of aliphatic hydroxyl groups excluding tert-OH is 3. The molecule has 0 radical (unpaired) electrons. The minimum absolute atomic E-state index is 0.0937. The highest BCUT2D eigenvalue weighted by molar-refractivity contribution is 5.58. The number of hydrogen-bond acceptors (Lipinski definition) is 5. The van der Waals surface area contributed by atoms with E-state index in [0.29, 0.717) is 13.1 Å². The van der Waals surface area contributed by atoms with E-state index in [1.165, 1.54) is 5.56 Å². The van der Waals surface area contributed by atoms with Crippen molar-refractivity contribution in [2.75, 3.05) is 25.0 Å². The average Bonchev–Trinajstić information content (AvgIpc) is 2.79. The van der Waals surface area contributed by atoms with Crippen LogP contribution in [0.1, 0.15) is 5.56 Å². The largest absolute Gasteiger partial charge is 0.396 e. The molecule has 0 unspecified atom stereocenters. The molecule has 0 amide bonds. The molecule has 5 heteroatoms. The lowest BCUT2D eigenvalue weighted by atomic mass is 9.93. The Kier molecular flexibility index (Phi) is 8.41. The van der Waals surface area contributed by atoms with E-state index in [4.69, 9.17) is 5.11 Å². The van der Waals surface area contributed by atoms with Gasteiger partial charge < -0.3 is 20.6 Å². The van der Waals surface area contributed by atoms with Crippen LogP contribution in [-0.2, 0) is 6.54 Å². The molecule has 0 aromatic heterocycles. The first-order valence-electron chi connectivity index (χ1n) is 10.3. The maximum Gasteiger partial charge on any atom is 0.0929 e. The summed E-state index contributed by atoms with van der Waals surface area (Å²) < 4.78 is 0. The van der Waals surface area contributed by atoms with Crippen LogP contribution in [-0.4, -0.2) is 52.1 Å². The van der Waals surface area contributed by atoms with Gasteiger partial charge in [-0.25, -0.2) is 0 Å². The van der Waals surface area contributed by atoms with E-state index < -0.39 is 12.2 Å². The lowest BCUT2D eigenvalue weighted by molar-refractivity contribution is -0.0879. The van der Waals surface area contributed by atoms with Gasteiger partial charge in [0, 0.05) is 43.5 Å². The molecule has 0 aliphatic carbocycles. The van der Waals surface area contributed by atoms with Gasteiger partial charge in [-0.1, -0.05) is 66.7 Å². The summed E-state index contributed by atoms with van der Waals surface area (Å²) in [5.74, 6) is -0.262. The van der Waals surface area contributed by atoms with Crippen molar-refractivity contribution < 1.29 is 15.3 Å². The molecule has 4 rings (SSSR count). The van der Waals surface area contributed by atoms with Crippen molar-refractivity contribution in [1.29, 1.82) is 0 Å². The normalized spacial score (nSPS) is 21.4. The minimum atomic E-state index is -0.813. The Morgan fingerprint density at radius 3 is 1.73 bits per heavy atom. The SMILES string of the molecule is OC[C@@H]1CN(Cc2ccccc2)C[C@H](O)[C@H]1O.c1ccc(Nc2ccccc2)cc1. The number of nitrogens with zero attached hydrogens (tertiary/aromatic N) is 1. The first-order valence-corrected chi connectivity index (χ1v) is 10.3. The van der Waals surface area contributed by atoms with Crippen molar-refractivity contribution in [3.8, 4) is 0 Å². The first-order chi connectivity index (χ1) is 14.7. The first kappa shape index (κ1) is 22.0. The van der Waals surface area contributed by atoms with E-state index >= 15 is 0 Å². The number of aliphatic hydroxyl groups is 3. The summed E-state index contributed by atoms with van der Waals surface area (Å²) in [4.78, 5) is 2.06. The number of rotatable bonds is 5. The molecule has 1 heterocycles. The summed E-state index contributed by atoms with van der Waals surface area (Å²) in [5.41, 5.74) is 3.41. The number of anilines is 2. The van der Waals surface area contributed by atoms with Gasteiger partial charge in [-0.2, -0.15) is 0 Å². The van der Waals surface area contributed by atoms with Gasteiger partial charge in [0.15, 0.2) is 0 Å². The Labute approximate surface area is 178 Å². The van der Waals surface area contributed by atoms with Crippen LogP contribution < -0.4 is 5.32 Å². The van der Waals surface area contributed by atoms with Crippen molar-refractivity contribution in [3.05, 3.63) is 96.6 Å². The maximum atomic E-state index is 9.72. The van der Waals surface area contributed by atoms with Gasteiger partial charge >= 0.3 is 0 Å². The van der Waals surface area contributed by atoms with Crippen LogP contribution in [0.5, 0.6) is 0 Å². The van der Waals surface area contributed by atoms with Gasteiger partial charge in [-0.15, -0.1) is 0 Å². The van der Waals surface area contributed by atoms with Crippen molar-refractivity contribution in [2.24, 2.45) is 5.92 Å². The molecule has 0 bridgehead atoms. The third-order valence-electron chi connectivity index (χ3n) is 5.13. The van der Waals surface area contributed by atoms with E-state index in [0.717, 1.165) is 17.9 Å². The molecular formula is C25H30N2O3. The molecule has 30 heavy (non-hydrogen) atoms. The average molecular weight is 407 g/mol. The standard InChI is InChI=1S/C13H19NO3.C12H11N/c15-9-11-7-14(8-12(16)13(11)17)6-10-4-2-1-3-5-10;1-3-7-11(8-4-1)13-12-9-5-2-6-10-12/h1-5,11-13,15-17H,6-9H2;1-10,13H/t11-,12-,13-;/m0./s1. The third-order valence-corrected chi connectivity index (χ3v) is 5.13. The smallest absolute Gasteiger partial charge is 0.0929 e. The summed E-state index contributed by atoms with van der Waals surface area (Å²) in [6, 6.07) is 30.3. The Hall–Kier alpha value is -2.70. The Bertz CT molecular complexity index is 809. The van der Waals surface area contributed by atoms with Gasteiger partial charge in [0.05, 0.1) is 12.2 Å². The molecule has 3 aromatic carbocycles. The highest BCUT2D eigenvalue weighted by Crippen LogP contribution is 2.19. The highest BCUT2D eigenvalue weighted by atomic mass is 16.3. The number of hydrogen-bond donors (Lipinski definition) is 4. The van der Waals surface area contributed by atoms with Crippen molar-refractivity contribution >= 4 is 11.4 Å². The number of nitrogens with one attached hydrogen (secondary N) is 1. The molecule has 1 aliphatic rings. The number of piperidine rings is 1. The monoisotopic (exact) mass is 406 g/mol. The summed E-state index contributed by atoms with van der Waals surface area (Å²) in [7, 11) is 0. The zero-order valence-corrected chi connectivity index (χ0v) is 17.0. The molecule has 1 aliphatic heterocycles. The van der Waals surface area contributed by atoms with E-state index in [2.05, 4.69) is 10.2 Å². The molecule has 3 atom stereocenters. The van der Waals surface area contributed by atoms with E-state index in [9.17, 15) is 10.2 Å². The predicted octanol–water partition coefficient (Wildman–Crippen LogP) is 3.26. The Morgan fingerprint density at radius 2 is 1.23 bits per heavy atom. The second kappa shape index (κ2) is 11.5. The van der Waals surface area contributed by atoms with Gasteiger partial charge in [-0.05, 0) is 29.8 Å². The number of para-hydroxylation sites is 2. The molecule has 1 fully saturated rings. The molecule has 0 spiro atoms. The zero-order chi connectivity index (χ0) is 21.2. The molecule has 3 aromatic rings. The van der Waals surface area contributed by atoms with Crippen molar-refractivity contribution in [2.45, 2.75) is 18.8 Å². The number of benzene rings is 3. The fraction of sp³-hybridized carbons (Fsp3) is 0.280.